The van der Waals surface area contributed by atoms with Crippen molar-refractivity contribution in [2.75, 3.05) is 45.0 Å². The molecule has 0 radical (unpaired) electrons. The van der Waals surface area contributed by atoms with Gasteiger partial charge in [-0.3, -0.25) is 4.98 Å². The summed E-state index contributed by atoms with van der Waals surface area (Å²) in [5.41, 5.74) is 3.93. The highest BCUT2D eigenvalue weighted by atomic mass is 16.6. The van der Waals surface area contributed by atoms with E-state index in [0.29, 0.717) is 52.9 Å². The second-order valence-electron chi connectivity index (χ2n) is 7.68. The van der Waals surface area contributed by atoms with Gasteiger partial charge in [0.1, 0.15) is 0 Å². The summed E-state index contributed by atoms with van der Waals surface area (Å²) < 4.78 is 28.7. The average Bonchev–Trinajstić information content (AvgIpc) is 2.79. The summed E-state index contributed by atoms with van der Waals surface area (Å²) in [6.07, 6.45) is -0.0747. The maximum Gasteiger partial charge on any atom is 0.0893 e. The van der Waals surface area contributed by atoms with E-state index >= 15 is 0 Å². The van der Waals surface area contributed by atoms with Crippen LogP contribution in [0, 0.1) is 0 Å². The van der Waals surface area contributed by atoms with E-state index in [1.54, 1.807) is 0 Å². The molecule has 0 saturated heterocycles. The number of ether oxygens (including phenoxy) is 5. The van der Waals surface area contributed by atoms with Crippen LogP contribution in [0.4, 0.5) is 5.69 Å². The van der Waals surface area contributed by atoms with Gasteiger partial charge in [-0.15, -0.1) is 0 Å². The fraction of sp³-hybridized carbons (Fsp3) is 0.542. The van der Waals surface area contributed by atoms with Crippen LogP contribution >= 0.6 is 0 Å². The van der Waals surface area contributed by atoms with Crippen LogP contribution in [-0.4, -0.2) is 56.8 Å². The quantitative estimate of drug-likeness (QED) is 0.798. The number of hydrogen-bond donors (Lipinski definition) is 1. The number of nitrogens with one attached hydrogen (secondary N) is 1. The van der Waals surface area contributed by atoms with Gasteiger partial charge in [0.25, 0.3) is 0 Å². The zero-order valence-corrected chi connectivity index (χ0v) is 18.5. The number of anilines is 1. The van der Waals surface area contributed by atoms with Gasteiger partial charge in [-0.25, -0.2) is 0 Å². The third kappa shape index (κ3) is 9.33. The summed E-state index contributed by atoms with van der Waals surface area (Å²) in [7, 11) is 0. The van der Waals surface area contributed by atoms with Crippen LogP contribution in [0.3, 0.4) is 0 Å². The van der Waals surface area contributed by atoms with Crippen molar-refractivity contribution in [3.8, 4) is 0 Å². The van der Waals surface area contributed by atoms with E-state index in [9.17, 15) is 0 Å². The molecule has 1 aromatic heterocycles. The predicted molar refractivity (Wildman–Crippen MR) is 119 cm³/mol. The zero-order chi connectivity index (χ0) is 21.7. The molecule has 0 aliphatic carbocycles. The molecule has 0 amide bonds. The molecule has 0 fully saturated rings. The Morgan fingerprint density at radius 3 is 1.94 bits per heavy atom. The van der Waals surface area contributed by atoms with Gasteiger partial charge in [-0.1, -0.05) is 30.3 Å². The van der Waals surface area contributed by atoms with Crippen LogP contribution in [-0.2, 0) is 43.4 Å². The third-order valence-corrected chi connectivity index (χ3v) is 4.75. The van der Waals surface area contributed by atoms with Crippen molar-refractivity contribution < 1.29 is 23.7 Å². The number of pyridine rings is 1. The van der Waals surface area contributed by atoms with Crippen LogP contribution in [0.15, 0.2) is 42.5 Å². The molecule has 0 saturated carbocycles. The fourth-order valence-electron chi connectivity index (χ4n) is 3.09. The van der Waals surface area contributed by atoms with Crippen molar-refractivity contribution in [1.29, 1.82) is 0 Å². The lowest BCUT2D eigenvalue weighted by atomic mass is 10.2. The maximum atomic E-state index is 5.95. The highest BCUT2D eigenvalue weighted by Crippen LogP contribution is 2.16. The summed E-state index contributed by atoms with van der Waals surface area (Å²) in [6, 6.07) is 14.4. The monoisotopic (exact) mass is 430 g/mol. The smallest absolute Gasteiger partial charge is 0.0893 e. The van der Waals surface area contributed by atoms with Crippen molar-refractivity contribution in [2.45, 2.75) is 45.8 Å². The first kappa shape index (κ1) is 23.6. The van der Waals surface area contributed by atoms with Crippen molar-refractivity contribution >= 4 is 5.69 Å². The zero-order valence-electron chi connectivity index (χ0n) is 18.5. The molecular weight excluding hydrogens is 396 g/mol. The molecule has 1 N–H and O–H groups in total. The molecule has 1 aliphatic heterocycles. The predicted octanol–water partition coefficient (Wildman–Crippen LogP) is 3.57. The lowest BCUT2D eigenvalue weighted by molar-refractivity contribution is -0.0480. The lowest BCUT2D eigenvalue weighted by Crippen LogP contribution is -2.21. The Hall–Kier alpha value is -2.03. The van der Waals surface area contributed by atoms with Crippen LogP contribution in [0.1, 0.15) is 30.8 Å². The number of rotatable bonds is 3. The molecule has 1 aromatic carbocycles. The van der Waals surface area contributed by atoms with E-state index in [2.05, 4.69) is 17.4 Å². The van der Waals surface area contributed by atoms with Gasteiger partial charge in [-0.2, -0.15) is 0 Å². The van der Waals surface area contributed by atoms with Gasteiger partial charge in [0.2, 0.25) is 0 Å². The van der Waals surface area contributed by atoms with Crippen molar-refractivity contribution in [1.82, 2.24) is 4.98 Å². The van der Waals surface area contributed by atoms with Gasteiger partial charge < -0.3 is 29.0 Å². The minimum atomic E-state index is -0.0373. The highest BCUT2D eigenvalue weighted by molar-refractivity contribution is 5.46. The van der Waals surface area contributed by atoms with Crippen LogP contribution in [0.5, 0.6) is 0 Å². The molecular formula is C24H34N2O5. The SMILES string of the molecule is C[C@H]1COCCOCCOC[C@H](C)OCc2cc(NCc3ccccc3)cc(n2)CO1. The molecule has 2 bridgehead atoms. The Labute approximate surface area is 185 Å². The number of fused-ring (bicyclic) bond motifs is 2. The summed E-state index contributed by atoms with van der Waals surface area (Å²) in [5.74, 6) is 0. The fourth-order valence-corrected chi connectivity index (χ4v) is 3.09. The molecule has 170 valence electrons. The van der Waals surface area contributed by atoms with E-state index in [1.165, 1.54) is 5.56 Å². The van der Waals surface area contributed by atoms with E-state index < -0.39 is 0 Å². The first-order valence-electron chi connectivity index (χ1n) is 10.9. The number of hydrogen-bond acceptors (Lipinski definition) is 7. The Kier molecular flexibility index (Phi) is 10.2. The van der Waals surface area contributed by atoms with Gasteiger partial charge in [0.05, 0.1) is 76.5 Å². The van der Waals surface area contributed by atoms with E-state index in [0.717, 1.165) is 23.6 Å². The standard InChI is InChI=1S/C24H34N2O5/c1-19-15-28-10-8-27-9-11-29-16-20(2)31-18-24-13-22(12-23(26-24)17-30-19)25-14-21-6-4-3-5-7-21/h3-7,12-13,19-20H,8-11,14-18H2,1-2H3,(H,25,26)/t19-,20-/m0/s1. The van der Waals surface area contributed by atoms with Crippen molar-refractivity contribution in [3.05, 3.63) is 59.4 Å². The molecule has 1 aliphatic rings. The molecule has 0 unspecified atom stereocenters. The molecule has 0 spiro atoms. The minimum absolute atomic E-state index is 0.0373. The average molecular weight is 431 g/mol. The normalized spacial score (nSPS) is 22.3. The van der Waals surface area contributed by atoms with E-state index in [-0.39, 0.29) is 12.2 Å². The Balaban J connectivity index is 1.66. The summed E-state index contributed by atoms with van der Waals surface area (Å²) in [5, 5.41) is 3.49. The lowest BCUT2D eigenvalue weighted by Gasteiger charge is -2.17. The number of benzene rings is 1. The van der Waals surface area contributed by atoms with Crippen LogP contribution in [0.2, 0.25) is 0 Å². The summed E-state index contributed by atoms with van der Waals surface area (Å²) >= 11 is 0. The van der Waals surface area contributed by atoms with Gasteiger partial charge in [0.15, 0.2) is 0 Å². The summed E-state index contributed by atoms with van der Waals surface area (Å²) in [4.78, 5) is 4.73. The number of nitrogens with zero attached hydrogens (tertiary/aromatic N) is 1. The minimum Gasteiger partial charge on any atom is -0.381 e. The second kappa shape index (κ2) is 13.4. The van der Waals surface area contributed by atoms with Crippen LogP contribution in [0.25, 0.3) is 0 Å². The molecule has 2 atom stereocenters. The molecule has 7 nitrogen and oxygen atoms in total. The first-order chi connectivity index (χ1) is 15.2. The largest absolute Gasteiger partial charge is 0.381 e. The third-order valence-electron chi connectivity index (χ3n) is 4.75. The Bertz CT molecular complexity index is 721. The van der Waals surface area contributed by atoms with Gasteiger partial charge >= 0.3 is 0 Å². The van der Waals surface area contributed by atoms with E-state index in [4.69, 9.17) is 28.7 Å². The molecule has 31 heavy (non-hydrogen) atoms. The topological polar surface area (TPSA) is 71.1 Å². The highest BCUT2D eigenvalue weighted by Gasteiger charge is 2.10. The van der Waals surface area contributed by atoms with Crippen molar-refractivity contribution in [3.63, 3.8) is 0 Å². The van der Waals surface area contributed by atoms with Gasteiger partial charge in [0, 0.05) is 12.2 Å². The Morgan fingerprint density at radius 2 is 1.35 bits per heavy atom. The van der Waals surface area contributed by atoms with Crippen molar-refractivity contribution in [2.24, 2.45) is 0 Å². The second-order valence-corrected chi connectivity index (χ2v) is 7.68. The molecule has 2 aromatic rings. The van der Waals surface area contributed by atoms with E-state index in [1.807, 2.05) is 44.2 Å². The Morgan fingerprint density at radius 1 is 0.806 bits per heavy atom. The number of aromatic nitrogens is 1. The summed E-state index contributed by atoms with van der Waals surface area (Å²) in [6.45, 7) is 8.74. The molecule has 7 heteroatoms. The maximum absolute atomic E-state index is 5.95. The molecule has 3 rings (SSSR count). The first-order valence-corrected chi connectivity index (χ1v) is 10.9. The molecule has 2 heterocycles. The van der Waals surface area contributed by atoms with Gasteiger partial charge in [-0.05, 0) is 31.5 Å². The van der Waals surface area contributed by atoms with Crippen LogP contribution < -0.4 is 5.32 Å².